The number of nitrogens with zero attached hydrogens (tertiary/aromatic N) is 1. The molecule has 0 amide bonds. The number of halogens is 3. The number of nitrogens with one attached hydrogen (secondary N) is 1. The smallest absolute Gasteiger partial charge is 0.390 e. The SMILES string of the molecule is O[C@H](CN[C@H]1CCC[C@@H](C(F)(F)F)C1)CN1CCCCC1. The van der Waals surface area contributed by atoms with Crippen molar-refractivity contribution < 1.29 is 18.3 Å². The molecule has 0 aromatic heterocycles. The lowest BCUT2D eigenvalue weighted by molar-refractivity contribution is -0.183. The minimum Gasteiger partial charge on any atom is -0.390 e. The Balaban J connectivity index is 1.67. The van der Waals surface area contributed by atoms with E-state index in [-0.39, 0.29) is 18.9 Å². The van der Waals surface area contributed by atoms with Gasteiger partial charge in [0.2, 0.25) is 0 Å². The largest absolute Gasteiger partial charge is 0.391 e. The Labute approximate surface area is 124 Å². The molecule has 2 fully saturated rings. The zero-order chi connectivity index (χ0) is 15.3. The molecule has 1 aliphatic carbocycles. The van der Waals surface area contributed by atoms with Crippen LogP contribution in [0.25, 0.3) is 0 Å². The van der Waals surface area contributed by atoms with Crippen LogP contribution in [0.4, 0.5) is 13.2 Å². The first kappa shape index (κ1) is 17.0. The molecule has 0 aromatic rings. The summed E-state index contributed by atoms with van der Waals surface area (Å²) in [5, 5.41) is 13.2. The quantitative estimate of drug-likeness (QED) is 0.819. The van der Waals surface area contributed by atoms with Crippen molar-refractivity contribution in [2.45, 2.75) is 63.3 Å². The number of aliphatic hydroxyl groups excluding tert-OH is 1. The number of β-amino-alcohol motifs (C(OH)–C–C–N with tert-alkyl or cyclic N) is 1. The van der Waals surface area contributed by atoms with Gasteiger partial charge in [0.1, 0.15) is 0 Å². The van der Waals surface area contributed by atoms with Gasteiger partial charge in [-0.25, -0.2) is 0 Å². The molecule has 2 aliphatic rings. The van der Waals surface area contributed by atoms with Crippen molar-refractivity contribution in [1.29, 1.82) is 0 Å². The van der Waals surface area contributed by atoms with Gasteiger partial charge in [-0.3, -0.25) is 0 Å². The topological polar surface area (TPSA) is 35.5 Å². The predicted molar refractivity (Wildman–Crippen MR) is 76.1 cm³/mol. The fourth-order valence-corrected chi connectivity index (χ4v) is 3.48. The average Bonchev–Trinajstić information content (AvgIpc) is 2.46. The van der Waals surface area contributed by atoms with Gasteiger partial charge in [-0.1, -0.05) is 12.8 Å². The molecule has 2 rings (SSSR count). The second-order valence-corrected chi connectivity index (χ2v) is 6.53. The maximum absolute atomic E-state index is 12.7. The van der Waals surface area contributed by atoms with E-state index in [2.05, 4.69) is 10.2 Å². The lowest BCUT2D eigenvalue weighted by Crippen LogP contribution is -2.45. The van der Waals surface area contributed by atoms with E-state index in [9.17, 15) is 18.3 Å². The normalized spacial score (nSPS) is 30.3. The van der Waals surface area contributed by atoms with Gasteiger partial charge in [-0.05, 0) is 45.2 Å². The Bertz CT molecular complexity index is 306. The Kier molecular flexibility index (Phi) is 6.32. The van der Waals surface area contributed by atoms with Crippen molar-refractivity contribution in [2.24, 2.45) is 5.92 Å². The van der Waals surface area contributed by atoms with Crippen molar-refractivity contribution in [2.75, 3.05) is 26.2 Å². The molecule has 1 saturated carbocycles. The molecule has 6 heteroatoms. The van der Waals surface area contributed by atoms with E-state index in [1.54, 1.807) is 0 Å². The van der Waals surface area contributed by atoms with Gasteiger partial charge < -0.3 is 15.3 Å². The summed E-state index contributed by atoms with van der Waals surface area (Å²) in [6.45, 7) is 3.07. The van der Waals surface area contributed by atoms with Gasteiger partial charge in [0, 0.05) is 19.1 Å². The number of likely N-dealkylation sites (tertiary alicyclic amines) is 1. The molecular weight excluding hydrogens is 281 g/mol. The predicted octanol–water partition coefficient (Wildman–Crippen LogP) is 2.54. The van der Waals surface area contributed by atoms with Crippen LogP contribution in [0, 0.1) is 5.92 Å². The van der Waals surface area contributed by atoms with Gasteiger partial charge in [-0.2, -0.15) is 13.2 Å². The molecule has 0 spiro atoms. The minimum absolute atomic E-state index is 0.110. The highest BCUT2D eigenvalue weighted by atomic mass is 19.4. The number of alkyl halides is 3. The monoisotopic (exact) mass is 308 g/mol. The van der Waals surface area contributed by atoms with E-state index in [0.717, 1.165) is 19.5 Å². The van der Waals surface area contributed by atoms with Crippen LogP contribution in [-0.4, -0.2) is 54.5 Å². The molecule has 1 saturated heterocycles. The first-order valence-corrected chi connectivity index (χ1v) is 8.15. The van der Waals surface area contributed by atoms with E-state index >= 15 is 0 Å². The van der Waals surface area contributed by atoms with Gasteiger partial charge in [-0.15, -0.1) is 0 Å². The molecule has 21 heavy (non-hydrogen) atoms. The summed E-state index contributed by atoms with van der Waals surface area (Å²) in [7, 11) is 0. The van der Waals surface area contributed by atoms with Crippen molar-refractivity contribution in [3.63, 3.8) is 0 Å². The number of aliphatic hydroxyl groups is 1. The average molecular weight is 308 g/mol. The highest BCUT2D eigenvalue weighted by Crippen LogP contribution is 2.37. The van der Waals surface area contributed by atoms with Crippen molar-refractivity contribution in [3.05, 3.63) is 0 Å². The summed E-state index contributed by atoms with van der Waals surface area (Å²) in [5.41, 5.74) is 0. The van der Waals surface area contributed by atoms with E-state index in [1.165, 1.54) is 19.3 Å². The molecule has 2 N–H and O–H groups in total. The molecule has 124 valence electrons. The standard InChI is InChI=1S/C15H27F3N2O/c16-15(17,18)12-5-4-6-13(9-12)19-10-14(21)11-20-7-2-1-3-8-20/h12-14,19,21H,1-11H2/t12-,13+,14-/m1/s1. The third-order valence-electron chi connectivity index (χ3n) is 4.70. The second kappa shape index (κ2) is 7.79. The van der Waals surface area contributed by atoms with Crippen LogP contribution in [0.1, 0.15) is 44.9 Å². The molecule has 3 nitrogen and oxygen atoms in total. The lowest BCUT2D eigenvalue weighted by atomic mass is 9.85. The van der Waals surface area contributed by atoms with Crippen LogP contribution in [0.2, 0.25) is 0 Å². The molecular formula is C15H27F3N2O. The van der Waals surface area contributed by atoms with Gasteiger partial charge in [0.25, 0.3) is 0 Å². The van der Waals surface area contributed by atoms with Gasteiger partial charge in [0.15, 0.2) is 0 Å². The molecule has 0 unspecified atom stereocenters. The lowest BCUT2D eigenvalue weighted by Gasteiger charge is -2.33. The zero-order valence-corrected chi connectivity index (χ0v) is 12.5. The van der Waals surface area contributed by atoms with E-state index in [0.29, 0.717) is 19.5 Å². The van der Waals surface area contributed by atoms with E-state index in [4.69, 9.17) is 0 Å². The van der Waals surface area contributed by atoms with Crippen LogP contribution in [0.15, 0.2) is 0 Å². The van der Waals surface area contributed by atoms with Crippen LogP contribution < -0.4 is 5.32 Å². The van der Waals surface area contributed by atoms with Crippen LogP contribution in [0.3, 0.4) is 0 Å². The van der Waals surface area contributed by atoms with Crippen LogP contribution in [0.5, 0.6) is 0 Å². The third kappa shape index (κ3) is 5.75. The highest BCUT2D eigenvalue weighted by Gasteiger charge is 2.42. The molecule has 0 aromatic carbocycles. The maximum atomic E-state index is 12.7. The Morgan fingerprint density at radius 1 is 1.10 bits per heavy atom. The van der Waals surface area contributed by atoms with Crippen molar-refractivity contribution >= 4 is 0 Å². The highest BCUT2D eigenvalue weighted by molar-refractivity contribution is 4.82. The molecule has 3 atom stereocenters. The molecule has 0 radical (unpaired) electrons. The first-order valence-electron chi connectivity index (χ1n) is 8.15. The summed E-state index contributed by atoms with van der Waals surface area (Å²) in [6, 6.07) is -0.110. The summed E-state index contributed by atoms with van der Waals surface area (Å²) in [4.78, 5) is 2.25. The number of hydrogen-bond acceptors (Lipinski definition) is 3. The summed E-state index contributed by atoms with van der Waals surface area (Å²) >= 11 is 0. The minimum atomic E-state index is -4.08. The fourth-order valence-electron chi connectivity index (χ4n) is 3.48. The summed E-state index contributed by atoms with van der Waals surface area (Å²) < 4.78 is 38.2. The van der Waals surface area contributed by atoms with E-state index in [1.807, 2.05) is 0 Å². The van der Waals surface area contributed by atoms with Crippen molar-refractivity contribution in [3.8, 4) is 0 Å². The Morgan fingerprint density at radius 3 is 2.48 bits per heavy atom. The van der Waals surface area contributed by atoms with Gasteiger partial charge >= 0.3 is 6.18 Å². The Morgan fingerprint density at radius 2 is 1.81 bits per heavy atom. The summed E-state index contributed by atoms with van der Waals surface area (Å²) in [6.07, 6.45) is 0.838. The number of hydrogen-bond donors (Lipinski definition) is 2. The maximum Gasteiger partial charge on any atom is 0.391 e. The van der Waals surface area contributed by atoms with Gasteiger partial charge in [0.05, 0.1) is 12.0 Å². The molecule has 0 bridgehead atoms. The van der Waals surface area contributed by atoms with Crippen LogP contribution >= 0.6 is 0 Å². The number of rotatable bonds is 5. The summed E-state index contributed by atoms with van der Waals surface area (Å²) in [5.74, 6) is -1.18. The first-order chi connectivity index (χ1) is 9.95. The second-order valence-electron chi connectivity index (χ2n) is 6.53. The fraction of sp³-hybridized carbons (Fsp3) is 1.00. The molecule has 1 aliphatic heterocycles. The van der Waals surface area contributed by atoms with E-state index < -0.39 is 18.2 Å². The van der Waals surface area contributed by atoms with Crippen LogP contribution in [-0.2, 0) is 0 Å². The zero-order valence-electron chi connectivity index (χ0n) is 12.5. The Hall–Kier alpha value is -0.330. The molecule has 1 heterocycles. The number of piperidine rings is 1. The third-order valence-corrected chi connectivity index (χ3v) is 4.70. The van der Waals surface area contributed by atoms with Crippen molar-refractivity contribution in [1.82, 2.24) is 10.2 Å².